The monoisotopic (exact) mass is 265 g/mol. The number of carbonyl (C=O) groups is 2. The molecule has 1 aromatic carbocycles. The largest absolute Gasteiger partial charge is 0.368 e. The minimum atomic E-state index is -0.601. The summed E-state index contributed by atoms with van der Waals surface area (Å²) in [6.07, 6.45) is 0.533. The molecular formula is C12H15N3O4. The summed E-state index contributed by atoms with van der Waals surface area (Å²) in [5, 5.41) is 13.7. The van der Waals surface area contributed by atoms with Gasteiger partial charge < -0.3 is 10.2 Å². The number of nitrogens with one attached hydrogen (secondary N) is 1. The molecule has 7 heteroatoms. The minimum Gasteiger partial charge on any atom is -0.368 e. The molecule has 0 aliphatic carbocycles. The molecule has 1 unspecified atom stereocenters. The number of nitrogens with zero attached hydrogens (tertiary/aromatic N) is 2. The molecule has 1 N–H and O–H groups in total. The molecule has 1 aromatic rings. The van der Waals surface area contributed by atoms with Crippen LogP contribution in [-0.4, -0.2) is 42.2 Å². The molecule has 0 aliphatic heterocycles. The van der Waals surface area contributed by atoms with Crippen molar-refractivity contribution in [2.75, 3.05) is 19.4 Å². The fourth-order valence-electron chi connectivity index (χ4n) is 1.58. The number of anilines is 1. The number of nitro benzene ring substituents is 1. The molecule has 1 atom stereocenters. The molecule has 0 saturated carbocycles. The quantitative estimate of drug-likeness (QED) is 0.492. The van der Waals surface area contributed by atoms with Crippen molar-refractivity contribution in [3.05, 3.63) is 33.9 Å². The molecule has 0 saturated heterocycles. The highest BCUT2D eigenvalue weighted by Crippen LogP contribution is 2.25. The van der Waals surface area contributed by atoms with Crippen LogP contribution in [0.15, 0.2) is 18.2 Å². The van der Waals surface area contributed by atoms with Gasteiger partial charge in [-0.15, -0.1) is 0 Å². The first kappa shape index (κ1) is 14.6. The zero-order valence-electron chi connectivity index (χ0n) is 10.9. The SMILES string of the molecule is CC(Nc1ccc(C=O)cc1[N+](=O)[O-])C(=O)N(C)C. The summed E-state index contributed by atoms with van der Waals surface area (Å²) in [5.74, 6) is -0.200. The van der Waals surface area contributed by atoms with Crippen molar-refractivity contribution in [3.8, 4) is 0 Å². The molecule has 7 nitrogen and oxygen atoms in total. The first-order valence-corrected chi connectivity index (χ1v) is 5.58. The molecule has 0 aliphatic rings. The van der Waals surface area contributed by atoms with E-state index in [0.717, 1.165) is 0 Å². The van der Waals surface area contributed by atoms with Gasteiger partial charge in [0, 0.05) is 25.7 Å². The van der Waals surface area contributed by atoms with E-state index in [9.17, 15) is 19.7 Å². The highest BCUT2D eigenvalue weighted by molar-refractivity contribution is 5.85. The van der Waals surface area contributed by atoms with E-state index in [4.69, 9.17) is 0 Å². The summed E-state index contributed by atoms with van der Waals surface area (Å²) in [6, 6.07) is 3.44. The van der Waals surface area contributed by atoms with Gasteiger partial charge in [0.25, 0.3) is 5.69 Å². The lowest BCUT2D eigenvalue weighted by Crippen LogP contribution is -2.36. The molecule has 0 radical (unpaired) electrons. The van der Waals surface area contributed by atoms with E-state index in [1.807, 2.05) is 0 Å². The Hall–Kier alpha value is -2.44. The number of aldehydes is 1. The molecule has 0 heterocycles. The number of nitro groups is 1. The number of rotatable bonds is 5. The third-order valence-corrected chi connectivity index (χ3v) is 2.54. The second-order valence-electron chi connectivity index (χ2n) is 4.25. The predicted octanol–water partition coefficient (Wildman–Crippen LogP) is 1.30. The van der Waals surface area contributed by atoms with Gasteiger partial charge in [-0.25, -0.2) is 0 Å². The maximum atomic E-state index is 11.7. The van der Waals surface area contributed by atoms with E-state index < -0.39 is 11.0 Å². The second-order valence-corrected chi connectivity index (χ2v) is 4.25. The van der Waals surface area contributed by atoms with Gasteiger partial charge >= 0.3 is 0 Å². The fourth-order valence-corrected chi connectivity index (χ4v) is 1.58. The lowest BCUT2D eigenvalue weighted by Gasteiger charge is -2.18. The Morgan fingerprint density at radius 3 is 2.58 bits per heavy atom. The van der Waals surface area contributed by atoms with Crippen molar-refractivity contribution in [2.45, 2.75) is 13.0 Å². The van der Waals surface area contributed by atoms with E-state index in [0.29, 0.717) is 6.29 Å². The maximum Gasteiger partial charge on any atom is 0.293 e. The third-order valence-electron chi connectivity index (χ3n) is 2.54. The number of hydrogen-bond acceptors (Lipinski definition) is 5. The molecule has 19 heavy (non-hydrogen) atoms. The van der Waals surface area contributed by atoms with Crippen LogP contribution in [0.4, 0.5) is 11.4 Å². The Balaban J connectivity index is 3.04. The highest BCUT2D eigenvalue weighted by Gasteiger charge is 2.20. The summed E-state index contributed by atoms with van der Waals surface area (Å²) in [7, 11) is 3.20. The van der Waals surface area contributed by atoms with E-state index >= 15 is 0 Å². The lowest BCUT2D eigenvalue weighted by molar-refractivity contribution is -0.384. The number of carbonyl (C=O) groups excluding carboxylic acids is 2. The van der Waals surface area contributed by atoms with Crippen molar-refractivity contribution in [1.82, 2.24) is 4.90 Å². The molecule has 1 amide bonds. The highest BCUT2D eigenvalue weighted by atomic mass is 16.6. The summed E-state index contributed by atoms with van der Waals surface area (Å²) < 4.78 is 0. The molecule has 0 spiro atoms. The second kappa shape index (κ2) is 5.94. The average Bonchev–Trinajstić information content (AvgIpc) is 2.37. The van der Waals surface area contributed by atoms with Crippen LogP contribution < -0.4 is 5.32 Å². The van der Waals surface area contributed by atoms with Crippen molar-refractivity contribution in [1.29, 1.82) is 0 Å². The van der Waals surface area contributed by atoms with Crippen molar-refractivity contribution in [2.24, 2.45) is 0 Å². The van der Waals surface area contributed by atoms with E-state index in [1.54, 1.807) is 21.0 Å². The smallest absolute Gasteiger partial charge is 0.293 e. The van der Waals surface area contributed by atoms with Gasteiger partial charge in [0.05, 0.1) is 4.92 Å². The topological polar surface area (TPSA) is 92.5 Å². The van der Waals surface area contributed by atoms with Gasteiger partial charge in [-0.1, -0.05) is 0 Å². The van der Waals surface area contributed by atoms with Gasteiger partial charge in [0.15, 0.2) is 0 Å². The van der Waals surface area contributed by atoms with Gasteiger partial charge in [0.2, 0.25) is 5.91 Å². The summed E-state index contributed by atoms with van der Waals surface area (Å²) in [5.41, 5.74) is 0.185. The van der Waals surface area contributed by atoms with Crippen molar-refractivity contribution >= 4 is 23.6 Å². The van der Waals surface area contributed by atoms with Crippen LogP contribution in [0.1, 0.15) is 17.3 Å². The van der Waals surface area contributed by atoms with Crippen LogP contribution in [0.3, 0.4) is 0 Å². The molecule has 0 fully saturated rings. The maximum absolute atomic E-state index is 11.7. The van der Waals surface area contributed by atoms with Crippen LogP contribution >= 0.6 is 0 Å². The molecule has 1 rings (SSSR count). The third kappa shape index (κ3) is 3.51. The average molecular weight is 265 g/mol. The van der Waals surface area contributed by atoms with E-state index in [1.165, 1.54) is 23.1 Å². The normalized spacial score (nSPS) is 11.5. The zero-order valence-corrected chi connectivity index (χ0v) is 10.9. The first-order valence-electron chi connectivity index (χ1n) is 5.58. The standard InChI is InChI=1S/C12H15N3O4/c1-8(12(17)14(2)3)13-10-5-4-9(7-16)6-11(10)15(18)19/h4-8,13H,1-3H3. The Labute approximate surface area is 110 Å². The predicted molar refractivity (Wildman–Crippen MR) is 70.3 cm³/mol. The Bertz CT molecular complexity index is 514. The Morgan fingerprint density at radius 2 is 2.11 bits per heavy atom. The Kier molecular flexibility index (Phi) is 4.57. The van der Waals surface area contributed by atoms with E-state index in [2.05, 4.69) is 5.32 Å². The molecule has 0 bridgehead atoms. The Morgan fingerprint density at radius 1 is 1.47 bits per heavy atom. The summed E-state index contributed by atoms with van der Waals surface area (Å²) >= 11 is 0. The van der Waals surface area contributed by atoms with Gasteiger partial charge in [-0.05, 0) is 19.1 Å². The van der Waals surface area contributed by atoms with Crippen LogP contribution in [0.5, 0.6) is 0 Å². The van der Waals surface area contributed by atoms with Gasteiger partial charge in [-0.3, -0.25) is 19.7 Å². The summed E-state index contributed by atoms with van der Waals surface area (Å²) in [4.78, 5) is 34.0. The number of amides is 1. The van der Waals surface area contributed by atoms with Gasteiger partial charge in [-0.2, -0.15) is 0 Å². The number of likely N-dealkylation sites (N-methyl/N-ethyl adjacent to an activating group) is 1. The molecule has 102 valence electrons. The summed E-state index contributed by atoms with van der Waals surface area (Å²) in [6.45, 7) is 1.61. The van der Waals surface area contributed by atoms with Crippen LogP contribution in [0.25, 0.3) is 0 Å². The number of benzene rings is 1. The molecular weight excluding hydrogens is 250 g/mol. The minimum absolute atomic E-state index is 0.200. The van der Waals surface area contributed by atoms with E-state index in [-0.39, 0.29) is 22.8 Å². The van der Waals surface area contributed by atoms with Crippen LogP contribution in [-0.2, 0) is 4.79 Å². The van der Waals surface area contributed by atoms with Crippen LogP contribution in [0, 0.1) is 10.1 Å². The molecule has 0 aromatic heterocycles. The van der Waals surface area contributed by atoms with Gasteiger partial charge in [0.1, 0.15) is 18.0 Å². The van der Waals surface area contributed by atoms with Crippen LogP contribution in [0.2, 0.25) is 0 Å². The fraction of sp³-hybridized carbons (Fsp3) is 0.333. The van der Waals surface area contributed by atoms with Crippen molar-refractivity contribution in [3.63, 3.8) is 0 Å². The first-order chi connectivity index (χ1) is 8.86. The number of hydrogen-bond donors (Lipinski definition) is 1. The lowest BCUT2D eigenvalue weighted by atomic mass is 10.1. The van der Waals surface area contributed by atoms with Crippen molar-refractivity contribution < 1.29 is 14.5 Å². The zero-order chi connectivity index (χ0) is 14.6.